The molecule has 6 heteroatoms. The highest BCUT2D eigenvalue weighted by Gasteiger charge is 2.37. The Hall–Kier alpha value is -1.21. The molecule has 5 nitrogen and oxygen atoms in total. The van der Waals surface area contributed by atoms with E-state index < -0.39 is 26.5 Å². The van der Waals surface area contributed by atoms with Crippen LogP contribution < -0.4 is 0 Å². The fourth-order valence-electron chi connectivity index (χ4n) is 1.97. The molecule has 25 heavy (non-hydrogen) atoms. The van der Waals surface area contributed by atoms with Gasteiger partial charge in [0, 0.05) is 6.61 Å². The Kier molecular flexibility index (Phi) is 8.27. The van der Waals surface area contributed by atoms with E-state index in [0.717, 1.165) is 5.56 Å². The van der Waals surface area contributed by atoms with Crippen molar-refractivity contribution in [3.8, 4) is 0 Å². The van der Waals surface area contributed by atoms with Gasteiger partial charge in [0.25, 0.3) is 0 Å². The van der Waals surface area contributed by atoms with Crippen LogP contribution in [0.5, 0.6) is 0 Å². The molecule has 142 valence electrons. The van der Waals surface area contributed by atoms with E-state index in [1.165, 1.54) is 0 Å². The molecule has 1 aromatic rings. The summed E-state index contributed by atoms with van der Waals surface area (Å²) in [6, 6.07) is 9.21. The second-order valence-corrected chi connectivity index (χ2v) is 12.7. The van der Waals surface area contributed by atoms with Crippen LogP contribution in [0.25, 0.3) is 0 Å². The lowest BCUT2D eigenvalue weighted by molar-refractivity contribution is -0.161. The molecule has 0 amide bonds. The topological polar surface area (TPSA) is 76.0 Å². The van der Waals surface area contributed by atoms with Crippen molar-refractivity contribution in [1.29, 1.82) is 0 Å². The number of benzene rings is 1. The van der Waals surface area contributed by atoms with Gasteiger partial charge in [-0.25, -0.2) is 4.79 Å². The Morgan fingerprint density at radius 3 is 2.32 bits per heavy atom. The fourth-order valence-corrected chi connectivity index (χ4v) is 3.05. The number of carbonyl (C=O) groups is 1. The molecule has 0 bridgehead atoms. The monoisotopic (exact) mass is 368 g/mol. The van der Waals surface area contributed by atoms with Gasteiger partial charge in [-0.3, -0.25) is 0 Å². The molecule has 2 atom stereocenters. The molecular weight excluding hydrogens is 336 g/mol. The van der Waals surface area contributed by atoms with E-state index in [1.54, 1.807) is 0 Å². The molecule has 0 aliphatic heterocycles. The molecule has 0 fully saturated rings. The number of aliphatic hydroxyl groups excluding tert-OH is 2. The van der Waals surface area contributed by atoms with E-state index >= 15 is 0 Å². The highest BCUT2D eigenvalue weighted by atomic mass is 28.4. The Morgan fingerprint density at radius 1 is 1.16 bits per heavy atom. The Labute approximate surface area is 152 Å². The highest BCUT2D eigenvalue weighted by molar-refractivity contribution is 6.74. The first-order valence-corrected chi connectivity index (χ1v) is 11.7. The fraction of sp³-hybridized carbons (Fsp3) is 0.632. The smallest absolute Gasteiger partial charge is 0.338 e. The minimum absolute atomic E-state index is 0.0813. The number of aliphatic hydroxyl groups is 2. The molecular formula is C19H32O5Si. The number of hydrogen-bond donors (Lipinski definition) is 2. The lowest BCUT2D eigenvalue weighted by Gasteiger charge is -2.36. The van der Waals surface area contributed by atoms with Crippen LogP contribution in [0.2, 0.25) is 18.1 Å². The quantitative estimate of drug-likeness (QED) is 0.397. The van der Waals surface area contributed by atoms with E-state index in [4.69, 9.17) is 9.16 Å². The van der Waals surface area contributed by atoms with Crippen molar-refractivity contribution in [3.63, 3.8) is 0 Å². The second-order valence-electron chi connectivity index (χ2n) is 7.86. The first-order chi connectivity index (χ1) is 11.5. The van der Waals surface area contributed by atoms with E-state index in [1.807, 2.05) is 30.3 Å². The molecule has 2 unspecified atom stereocenters. The summed E-state index contributed by atoms with van der Waals surface area (Å²) in [5, 5.41) is 20.0. The zero-order valence-electron chi connectivity index (χ0n) is 16.0. The van der Waals surface area contributed by atoms with Gasteiger partial charge < -0.3 is 19.4 Å². The first kappa shape index (κ1) is 21.8. The summed E-state index contributed by atoms with van der Waals surface area (Å²) in [5.41, 5.74) is 0.834. The molecule has 2 N–H and O–H groups in total. The standard InChI is InChI=1S/C19H32O5Si/c1-19(2,3)25(4,5)24-13-9-12-16(20)17(21)18(22)23-14-15-10-7-6-8-11-15/h6-8,10-11,16-17,20-21H,9,12-14H2,1-5H3. The Balaban J connectivity index is 2.31. The van der Waals surface area contributed by atoms with Crippen molar-refractivity contribution in [2.45, 2.75) is 70.6 Å². The molecule has 0 saturated heterocycles. The van der Waals surface area contributed by atoms with Gasteiger partial charge in [0.05, 0.1) is 6.10 Å². The van der Waals surface area contributed by atoms with Gasteiger partial charge in [0.1, 0.15) is 6.61 Å². The van der Waals surface area contributed by atoms with Gasteiger partial charge in [-0.1, -0.05) is 51.1 Å². The van der Waals surface area contributed by atoms with Crippen LogP contribution in [0.3, 0.4) is 0 Å². The minimum Gasteiger partial charge on any atom is -0.459 e. The molecule has 0 saturated carbocycles. The zero-order valence-corrected chi connectivity index (χ0v) is 17.0. The maximum absolute atomic E-state index is 11.8. The van der Waals surface area contributed by atoms with E-state index in [0.29, 0.717) is 13.0 Å². The second kappa shape index (κ2) is 9.47. The third kappa shape index (κ3) is 7.28. The van der Waals surface area contributed by atoms with E-state index in [-0.39, 0.29) is 18.1 Å². The van der Waals surface area contributed by atoms with Gasteiger partial charge >= 0.3 is 5.97 Å². The molecule has 0 aliphatic rings. The third-order valence-electron chi connectivity index (χ3n) is 4.74. The van der Waals surface area contributed by atoms with E-state index in [2.05, 4.69) is 33.9 Å². The van der Waals surface area contributed by atoms with Crippen molar-refractivity contribution in [2.75, 3.05) is 6.61 Å². The number of hydrogen-bond acceptors (Lipinski definition) is 5. The van der Waals surface area contributed by atoms with Crippen LogP contribution in [-0.4, -0.2) is 43.3 Å². The van der Waals surface area contributed by atoms with Crippen molar-refractivity contribution in [2.24, 2.45) is 0 Å². The molecule has 0 spiro atoms. The van der Waals surface area contributed by atoms with Gasteiger partial charge in [0.15, 0.2) is 14.4 Å². The SMILES string of the molecule is CC(C)(C)[Si](C)(C)OCCCC(O)C(O)C(=O)OCc1ccccc1. The molecule has 0 heterocycles. The van der Waals surface area contributed by atoms with Crippen LogP contribution in [0.4, 0.5) is 0 Å². The molecule has 0 radical (unpaired) electrons. The first-order valence-electron chi connectivity index (χ1n) is 8.75. The summed E-state index contributed by atoms with van der Waals surface area (Å²) in [4.78, 5) is 11.8. The van der Waals surface area contributed by atoms with Crippen LogP contribution in [0.1, 0.15) is 39.2 Å². The van der Waals surface area contributed by atoms with Crippen LogP contribution in [0.15, 0.2) is 30.3 Å². The maximum atomic E-state index is 11.8. The summed E-state index contributed by atoms with van der Waals surface area (Å²) in [5.74, 6) is -0.804. The third-order valence-corrected chi connectivity index (χ3v) is 9.28. The Bertz CT molecular complexity index is 524. The minimum atomic E-state index is -1.81. The number of esters is 1. The number of rotatable bonds is 9. The number of carbonyl (C=O) groups excluding carboxylic acids is 1. The van der Waals surface area contributed by atoms with Crippen molar-refractivity contribution >= 4 is 14.3 Å². The lowest BCUT2D eigenvalue weighted by Crippen LogP contribution is -2.41. The van der Waals surface area contributed by atoms with Gasteiger partial charge in [-0.2, -0.15) is 0 Å². The molecule has 0 aromatic heterocycles. The summed E-state index contributed by atoms with van der Waals surface area (Å²) in [7, 11) is -1.81. The summed E-state index contributed by atoms with van der Waals surface area (Å²) in [6.07, 6.45) is -1.81. The molecule has 0 aliphatic carbocycles. The van der Waals surface area contributed by atoms with E-state index in [9.17, 15) is 15.0 Å². The maximum Gasteiger partial charge on any atom is 0.338 e. The summed E-state index contributed by atoms with van der Waals surface area (Å²) in [6.45, 7) is 11.4. The molecule has 1 aromatic carbocycles. The largest absolute Gasteiger partial charge is 0.459 e. The summed E-state index contributed by atoms with van der Waals surface area (Å²) < 4.78 is 11.1. The lowest BCUT2D eigenvalue weighted by atomic mass is 10.1. The molecule has 1 rings (SSSR count). The van der Waals surface area contributed by atoms with Crippen LogP contribution in [-0.2, 0) is 20.6 Å². The van der Waals surface area contributed by atoms with Crippen molar-refractivity contribution in [1.82, 2.24) is 0 Å². The van der Waals surface area contributed by atoms with Crippen LogP contribution in [0, 0.1) is 0 Å². The highest BCUT2D eigenvalue weighted by Crippen LogP contribution is 2.36. The van der Waals surface area contributed by atoms with Crippen molar-refractivity contribution in [3.05, 3.63) is 35.9 Å². The normalized spacial score (nSPS) is 14.8. The predicted octanol–water partition coefficient (Wildman–Crippen LogP) is 3.25. The van der Waals surface area contributed by atoms with Gasteiger partial charge in [-0.05, 0) is 36.5 Å². The average molecular weight is 369 g/mol. The number of ether oxygens (including phenoxy) is 1. The average Bonchev–Trinajstić information content (AvgIpc) is 2.55. The Morgan fingerprint density at radius 2 is 1.76 bits per heavy atom. The van der Waals surface area contributed by atoms with Gasteiger partial charge in [0.2, 0.25) is 0 Å². The summed E-state index contributed by atoms with van der Waals surface area (Å²) >= 11 is 0. The van der Waals surface area contributed by atoms with Crippen LogP contribution >= 0.6 is 0 Å². The van der Waals surface area contributed by atoms with Gasteiger partial charge in [-0.15, -0.1) is 0 Å². The zero-order chi connectivity index (χ0) is 19.1. The predicted molar refractivity (Wildman–Crippen MR) is 101 cm³/mol. The van der Waals surface area contributed by atoms with Crippen molar-refractivity contribution < 1.29 is 24.2 Å².